The van der Waals surface area contributed by atoms with Gasteiger partial charge in [-0.2, -0.15) is 4.57 Å². The van der Waals surface area contributed by atoms with Gasteiger partial charge in [0, 0.05) is 12.1 Å². The fourth-order valence-electron chi connectivity index (χ4n) is 1.06. The molecular weight excluding hydrogens is 178 g/mol. The van der Waals surface area contributed by atoms with E-state index in [1.165, 1.54) is 0 Å². The first-order valence-electron chi connectivity index (χ1n) is 4.63. The monoisotopic (exact) mass is 194 g/mol. The van der Waals surface area contributed by atoms with Crippen molar-refractivity contribution < 1.29 is 14.1 Å². The first-order valence-corrected chi connectivity index (χ1v) is 4.63. The van der Waals surface area contributed by atoms with Crippen molar-refractivity contribution in [2.24, 2.45) is 0 Å². The highest BCUT2D eigenvalue weighted by Gasteiger charge is 2.18. The largest absolute Gasteiger partial charge is 0.455 e. The summed E-state index contributed by atoms with van der Waals surface area (Å²) in [7, 11) is 0. The van der Waals surface area contributed by atoms with E-state index in [1.54, 1.807) is 4.57 Å². The fraction of sp³-hybridized carbons (Fsp3) is 0.455. The first kappa shape index (κ1) is 10.7. The van der Waals surface area contributed by atoms with Crippen molar-refractivity contribution in [1.82, 2.24) is 0 Å². The Morgan fingerprint density at radius 2 is 1.79 bits per heavy atom. The predicted octanol–water partition coefficient (Wildman–Crippen LogP) is 1.32. The zero-order valence-electron chi connectivity index (χ0n) is 8.86. The van der Waals surface area contributed by atoms with Gasteiger partial charge in [0.2, 0.25) is 6.54 Å². The minimum atomic E-state index is -0.410. The van der Waals surface area contributed by atoms with E-state index in [0.29, 0.717) is 0 Å². The molecule has 0 aliphatic rings. The molecule has 0 unspecified atom stereocenters. The van der Waals surface area contributed by atoms with E-state index < -0.39 is 5.60 Å². The van der Waals surface area contributed by atoms with Gasteiger partial charge in [0.05, 0.1) is 0 Å². The van der Waals surface area contributed by atoms with Crippen LogP contribution in [0.5, 0.6) is 0 Å². The Morgan fingerprint density at radius 1 is 1.21 bits per heavy atom. The molecule has 0 atom stereocenters. The van der Waals surface area contributed by atoms with Crippen molar-refractivity contribution in [2.45, 2.75) is 32.9 Å². The maximum Gasteiger partial charge on any atom is 0.373 e. The van der Waals surface area contributed by atoms with Gasteiger partial charge in [-0.1, -0.05) is 6.07 Å². The molecule has 0 saturated heterocycles. The van der Waals surface area contributed by atoms with Gasteiger partial charge in [0.25, 0.3) is 0 Å². The molecule has 3 nitrogen and oxygen atoms in total. The SMILES string of the molecule is CC(C)(C)OC(=O)C[n+]1ccccc1. The van der Waals surface area contributed by atoms with Crippen LogP contribution in [0.2, 0.25) is 0 Å². The number of carbonyl (C=O) groups is 1. The maximum atomic E-state index is 11.4. The lowest BCUT2D eigenvalue weighted by Gasteiger charge is -2.18. The minimum Gasteiger partial charge on any atom is -0.455 e. The summed E-state index contributed by atoms with van der Waals surface area (Å²) in [6, 6.07) is 5.67. The Kier molecular flexibility index (Phi) is 3.23. The molecule has 0 aliphatic heterocycles. The highest BCUT2D eigenvalue weighted by Crippen LogP contribution is 2.06. The third kappa shape index (κ3) is 4.03. The molecule has 0 N–H and O–H groups in total. The van der Waals surface area contributed by atoms with Crippen LogP contribution in [0.4, 0.5) is 0 Å². The lowest BCUT2D eigenvalue weighted by atomic mass is 10.2. The van der Waals surface area contributed by atoms with Gasteiger partial charge in [0.1, 0.15) is 5.60 Å². The number of pyridine rings is 1. The number of carbonyl (C=O) groups excluding carboxylic acids is 1. The molecule has 0 aliphatic carbocycles. The molecule has 1 heterocycles. The van der Waals surface area contributed by atoms with Crippen molar-refractivity contribution in [1.29, 1.82) is 0 Å². The number of rotatable bonds is 2. The summed E-state index contributed by atoms with van der Waals surface area (Å²) in [5.74, 6) is -0.214. The highest BCUT2D eigenvalue weighted by atomic mass is 16.6. The molecule has 0 fully saturated rings. The molecule has 3 heteroatoms. The second kappa shape index (κ2) is 4.22. The zero-order chi connectivity index (χ0) is 10.6. The van der Waals surface area contributed by atoms with E-state index in [-0.39, 0.29) is 12.5 Å². The van der Waals surface area contributed by atoms with Crippen LogP contribution in [0.15, 0.2) is 30.6 Å². The molecule has 0 aromatic carbocycles. The van der Waals surface area contributed by atoms with Crippen LogP contribution >= 0.6 is 0 Å². The van der Waals surface area contributed by atoms with E-state index in [9.17, 15) is 4.79 Å². The summed E-state index contributed by atoms with van der Waals surface area (Å²) in [5.41, 5.74) is -0.410. The second-order valence-electron chi connectivity index (χ2n) is 4.13. The number of hydrogen-bond donors (Lipinski definition) is 0. The summed E-state index contributed by atoms with van der Waals surface area (Å²) in [6.45, 7) is 5.85. The molecule has 0 radical (unpaired) electrons. The van der Waals surface area contributed by atoms with Crippen LogP contribution in [-0.2, 0) is 16.1 Å². The first-order chi connectivity index (χ1) is 6.47. The zero-order valence-corrected chi connectivity index (χ0v) is 8.86. The Bertz CT molecular complexity index is 301. The average molecular weight is 194 g/mol. The molecule has 0 amide bonds. The van der Waals surface area contributed by atoms with E-state index in [2.05, 4.69) is 0 Å². The molecular formula is C11H16NO2+. The van der Waals surface area contributed by atoms with E-state index >= 15 is 0 Å². The second-order valence-corrected chi connectivity index (χ2v) is 4.13. The van der Waals surface area contributed by atoms with Gasteiger partial charge >= 0.3 is 5.97 Å². The van der Waals surface area contributed by atoms with Crippen LogP contribution in [0, 0.1) is 0 Å². The van der Waals surface area contributed by atoms with Crippen molar-refractivity contribution in [2.75, 3.05) is 0 Å². The van der Waals surface area contributed by atoms with Gasteiger partial charge in [-0.25, -0.2) is 4.79 Å². The standard InChI is InChI=1S/C11H16NO2/c1-11(2,3)14-10(13)9-12-7-5-4-6-8-12/h4-8H,9H2,1-3H3/q+1. The molecule has 14 heavy (non-hydrogen) atoms. The van der Waals surface area contributed by atoms with E-state index in [4.69, 9.17) is 4.74 Å². The molecule has 1 rings (SSSR count). The molecule has 76 valence electrons. The normalized spacial score (nSPS) is 11.1. The van der Waals surface area contributed by atoms with Crippen molar-refractivity contribution in [3.8, 4) is 0 Å². The van der Waals surface area contributed by atoms with Crippen molar-refractivity contribution >= 4 is 5.97 Å². The van der Waals surface area contributed by atoms with Gasteiger partial charge in [-0.15, -0.1) is 0 Å². The summed E-state index contributed by atoms with van der Waals surface area (Å²) >= 11 is 0. The van der Waals surface area contributed by atoms with Crippen LogP contribution < -0.4 is 4.57 Å². The van der Waals surface area contributed by atoms with E-state index in [1.807, 2.05) is 51.4 Å². The fourth-order valence-corrected chi connectivity index (χ4v) is 1.06. The predicted molar refractivity (Wildman–Crippen MR) is 52.5 cm³/mol. The molecule has 0 bridgehead atoms. The smallest absolute Gasteiger partial charge is 0.373 e. The van der Waals surface area contributed by atoms with Gasteiger partial charge in [-0.3, -0.25) is 0 Å². The molecule has 1 aromatic rings. The Morgan fingerprint density at radius 3 is 2.29 bits per heavy atom. The minimum absolute atomic E-state index is 0.214. The average Bonchev–Trinajstić information content (AvgIpc) is 2.02. The Labute approximate surface area is 84.3 Å². The number of esters is 1. The lowest BCUT2D eigenvalue weighted by Crippen LogP contribution is -2.40. The quantitative estimate of drug-likeness (QED) is 0.525. The van der Waals surface area contributed by atoms with E-state index in [0.717, 1.165) is 0 Å². The number of hydrogen-bond acceptors (Lipinski definition) is 2. The number of nitrogens with zero attached hydrogens (tertiary/aromatic N) is 1. The molecule has 0 saturated carbocycles. The van der Waals surface area contributed by atoms with Crippen LogP contribution in [0.3, 0.4) is 0 Å². The summed E-state index contributed by atoms with van der Waals surface area (Å²) in [4.78, 5) is 11.4. The Hall–Kier alpha value is -1.38. The lowest BCUT2D eigenvalue weighted by molar-refractivity contribution is -0.686. The number of aromatic nitrogens is 1. The molecule has 1 aromatic heterocycles. The number of ether oxygens (including phenoxy) is 1. The summed E-state index contributed by atoms with van der Waals surface area (Å²) in [5, 5.41) is 0. The molecule has 0 spiro atoms. The highest BCUT2D eigenvalue weighted by molar-refractivity contribution is 5.68. The maximum absolute atomic E-state index is 11.4. The third-order valence-electron chi connectivity index (χ3n) is 1.51. The van der Waals surface area contributed by atoms with Gasteiger partial charge < -0.3 is 4.74 Å². The van der Waals surface area contributed by atoms with Crippen molar-refractivity contribution in [3.05, 3.63) is 30.6 Å². The van der Waals surface area contributed by atoms with Gasteiger partial charge in [-0.05, 0) is 20.8 Å². The van der Waals surface area contributed by atoms with Gasteiger partial charge in [0.15, 0.2) is 12.4 Å². The van der Waals surface area contributed by atoms with Crippen LogP contribution in [-0.4, -0.2) is 11.6 Å². The Balaban J connectivity index is 2.50. The topological polar surface area (TPSA) is 30.2 Å². The van der Waals surface area contributed by atoms with Crippen molar-refractivity contribution in [3.63, 3.8) is 0 Å². The van der Waals surface area contributed by atoms with Crippen LogP contribution in [0.1, 0.15) is 20.8 Å². The third-order valence-corrected chi connectivity index (χ3v) is 1.51. The van der Waals surface area contributed by atoms with Crippen LogP contribution in [0.25, 0.3) is 0 Å². The summed E-state index contributed by atoms with van der Waals surface area (Å²) < 4.78 is 6.97. The summed E-state index contributed by atoms with van der Waals surface area (Å²) in [6.07, 6.45) is 3.67.